The van der Waals surface area contributed by atoms with E-state index < -0.39 is 0 Å². The molecule has 0 aliphatic carbocycles. The first kappa shape index (κ1) is 103. The second kappa shape index (κ2) is 123. The van der Waals surface area contributed by atoms with E-state index in [-0.39, 0.29) is 92.6 Å². The zero-order chi connectivity index (χ0) is 5.58. The molecule has 0 N–H and O–H groups in total. The normalized spacial score (nSPS) is 3.00. The SMILES string of the molecule is C.C[C-](C)C.F.[CH2-]C.[CH3-].[CH3-].[CH3-].[V+2].[V+2].[W]. The zero-order valence-electron chi connectivity index (χ0n) is 9.92. The van der Waals surface area contributed by atoms with E-state index in [9.17, 15) is 0 Å². The van der Waals surface area contributed by atoms with Gasteiger partial charge in [-0.2, -0.15) is 27.7 Å². The maximum atomic E-state index is 3.25. The van der Waals surface area contributed by atoms with Crippen LogP contribution in [0.25, 0.3) is 0 Å². The summed E-state index contributed by atoms with van der Waals surface area (Å²) in [6, 6.07) is 0. The van der Waals surface area contributed by atoms with Crippen molar-refractivity contribution in [2.24, 2.45) is 0 Å². The monoisotopic (exact) mass is 453 g/mol. The summed E-state index contributed by atoms with van der Waals surface area (Å²) in [6.45, 7) is 11.2. The van der Waals surface area contributed by atoms with Crippen molar-refractivity contribution in [1.29, 1.82) is 0 Å². The van der Waals surface area contributed by atoms with Gasteiger partial charge in [-0.25, -0.2) is 0 Å². The van der Waals surface area contributed by atoms with Crippen molar-refractivity contribution in [2.45, 2.75) is 35.1 Å². The van der Waals surface area contributed by atoms with Gasteiger partial charge in [-0.05, 0) is 0 Å². The molecule has 0 bridgehead atoms. The summed E-state index contributed by atoms with van der Waals surface area (Å²) in [5.41, 5.74) is 0. The van der Waals surface area contributed by atoms with Crippen LogP contribution in [0.15, 0.2) is 0 Å². The molecule has 0 aliphatic heterocycles. The van der Waals surface area contributed by atoms with Gasteiger partial charge in [-0.1, -0.05) is 7.43 Å². The van der Waals surface area contributed by atoms with Crippen LogP contribution in [-0.4, -0.2) is 0 Å². The van der Waals surface area contributed by atoms with E-state index >= 15 is 0 Å². The van der Waals surface area contributed by atoms with E-state index in [0.29, 0.717) is 0 Å². The molecule has 0 amide bonds. The van der Waals surface area contributed by atoms with Gasteiger partial charge in [0.05, 0.1) is 0 Å². The van der Waals surface area contributed by atoms with Crippen LogP contribution in [0.3, 0.4) is 0 Å². The molecule has 0 rings (SSSR count). The van der Waals surface area contributed by atoms with Crippen LogP contribution in [0, 0.1) is 35.1 Å². The van der Waals surface area contributed by atoms with Crippen molar-refractivity contribution < 1.29 is 62.9 Å². The fourth-order valence-corrected chi connectivity index (χ4v) is 0. The first-order chi connectivity index (χ1) is 2.73. The van der Waals surface area contributed by atoms with Gasteiger partial charge in [0.1, 0.15) is 0 Å². The topological polar surface area (TPSA) is 0 Å². The molecule has 0 aliphatic rings. The predicted molar refractivity (Wildman–Crippen MR) is 59.8 cm³/mol. The molecule has 4 heteroatoms. The van der Waals surface area contributed by atoms with Crippen molar-refractivity contribution in [2.75, 3.05) is 0 Å². The van der Waals surface area contributed by atoms with Crippen LogP contribution < -0.4 is 0 Å². The second-order valence-corrected chi connectivity index (χ2v) is 1.50. The van der Waals surface area contributed by atoms with Gasteiger partial charge < -0.3 is 35.1 Å². The van der Waals surface area contributed by atoms with Gasteiger partial charge in [-0.3, -0.25) is 4.70 Å². The Morgan fingerprint density at radius 2 is 0.786 bits per heavy atom. The van der Waals surface area contributed by atoms with E-state index in [1.54, 1.807) is 6.92 Å². The van der Waals surface area contributed by atoms with Crippen LogP contribution in [0.1, 0.15) is 35.1 Å². The Morgan fingerprint density at radius 3 is 0.786 bits per heavy atom. The molecule has 92 valence electrons. The predicted octanol–water partition coefficient (Wildman–Crippen LogP) is 4.59. The Hall–Kier alpha value is 1.79. The van der Waals surface area contributed by atoms with Gasteiger partial charge in [0.25, 0.3) is 0 Å². The minimum Gasteiger partial charge on any atom is -0.358 e. The zero-order valence-corrected chi connectivity index (χ0v) is 15.6. The summed E-state index contributed by atoms with van der Waals surface area (Å²) in [6.07, 6.45) is 0. The summed E-state index contributed by atoms with van der Waals surface area (Å²) in [7, 11) is 0. The van der Waals surface area contributed by atoms with E-state index in [2.05, 4.69) is 27.7 Å². The molecule has 0 aromatic heterocycles. The number of hydrogen-bond donors (Lipinski definition) is 0. The smallest absolute Gasteiger partial charge is 0.358 e. The Morgan fingerprint density at radius 1 is 0.786 bits per heavy atom. The molecular weight excluding hydrogens is 425 g/mol. The van der Waals surface area contributed by atoms with Crippen LogP contribution in [0.2, 0.25) is 0 Å². The number of hydrogen-bond acceptors (Lipinski definition) is 0. The summed E-state index contributed by atoms with van der Waals surface area (Å²) in [4.78, 5) is 0. The van der Waals surface area contributed by atoms with Crippen molar-refractivity contribution in [1.82, 2.24) is 0 Å². The molecule has 14 heavy (non-hydrogen) atoms. The minimum atomic E-state index is 0. The van der Waals surface area contributed by atoms with Gasteiger partial charge in [0.2, 0.25) is 0 Å². The maximum Gasteiger partial charge on any atom is 2.00 e. The molecule has 0 fully saturated rings. The second-order valence-electron chi connectivity index (χ2n) is 1.50. The molecule has 0 saturated heterocycles. The fraction of sp³-hybridized carbons (Fsp3) is 0.500. The Labute approximate surface area is 132 Å². The minimum absolute atomic E-state index is 0. The average molecular weight is 453 g/mol. The summed E-state index contributed by atoms with van der Waals surface area (Å²) < 4.78 is 0. The Bertz CT molecular complexity index is 22.8. The Kier molecular flexibility index (Phi) is 903. The standard InChI is InChI=1S/C4H9.C2H5.CH4.3CH3.FH.2V.W/c1-4(2)3;1-2;;;;;;;;/h1-3H3;1H2,2H3;1H4;3*1H3;1H;;;/q2*-1;;3*-1;;2*+2;. The number of rotatable bonds is 0. The maximum absolute atomic E-state index is 3.25. The third-order valence-electron chi connectivity index (χ3n) is 0. The van der Waals surface area contributed by atoms with Gasteiger partial charge in [0.15, 0.2) is 0 Å². The fourth-order valence-electron chi connectivity index (χ4n) is 0. The van der Waals surface area contributed by atoms with Crippen molar-refractivity contribution >= 4 is 0 Å². The molecule has 0 atom stereocenters. The van der Waals surface area contributed by atoms with Crippen molar-refractivity contribution in [3.8, 4) is 0 Å². The van der Waals surface area contributed by atoms with Crippen LogP contribution in [0.4, 0.5) is 4.70 Å². The van der Waals surface area contributed by atoms with Crippen LogP contribution >= 0.6 is 0 Å². The molecule has 0 nitrogen and oxygen atoms in total. The van der Waals surface area contributed by atoms with Crippen molar-refractivity contribution in [3.05, 3.63) is 35.1 Å². The third-order valence-corrected chi connectivity index (χ3v) is 0. The van der Waals surface area contributed by atoms with E-state index in [1.165, 1.54) is 5.92 Å². The third kappa shape index (κ3) is 706. The van der Waals surface area contributed by atoms with E-state index in [1.807, 2.05) is 0 Å². The largest absolute Gasteiger partial charge is 2.00 e. The molecule has 2 radical (unpaired) electrons. The first-order valence-electron chi connectivity index (χ1n) is 2.21. The first-order valence-corrected chi connectivity index (χ1v) is 2.21. The van der Waals surface area contributed by atoms with Gasteiger partial charge in [-0.15, -0.1) is 0 Å². The number of halogens is 1. The summed E-state index contributed by atoms with van der Waals surface area (Å²) >= 11 is 0. The molecule has 0 unspecified atom stereocenters. The van der Waals surface area contributed by atoms with Gasteiger partial charge in [0, 0.05) is 21.1 Å². The van der Waals surface area contributed by atoms with E-state index in [0.717, 1.165) is 0 Å². The summed E-state index contributed by atoms with van der Waals surface area (Å²) in [5, 5.41) is 0. The van der Waals surface area contributed by atoms with Crippen LogP contribution in [-0.2, 0) is 58.2 Å². The molecule has 0 aromatic rings. The van der Waals surface area contributed by atoms with Gasteiger partial charge >= 0.3 is 37.1 Å². The van der Waals surface area contributed by atoms with Crippen molar-refractivity contribution in [3.63, 3.8) is 0 Å². The molecule has 0 spiro atoms. The van der Waals surface area contributed by atoms with E-state index in [4.69, 9.17) is 0 Å². The molecule has 0 aromatic carbocycles. The average Bonchev–Trinajstić information content (AvgIpc) is 1.41. The quantitative estimate of drug-likeness (QED) is 0.471. The molecular formula is C10H28FV2W-. The Balaban J connectivity index is -0.00000000192. The van der Waals surface area contributed by atoms with Crippen LogP contribution in [0.5, 0.6) is 0 Å². The summed E-state index contributed by atoms with van der Waals surface area (Å²) in [5.74, 6) is 1.42. The molecule has 0 heterocycles. The molecule has 0 saturated carbocycles.